The summed E-state index contributed by atoms with van der Waals surface area (Å²) in [5.41, 5.74) is 0.850. The van der Waals surface area contributed by atoms with E-state index in [2.05, 4.69) is 53.1 Å². The zero-order chi connectivity index (χ0) is 14.6. The fraction of sp³-hybridized carbons (Fsp3) is 0.500. The lowest BCUT2D eigenvalue weighted by Gasteiger charge is -2.18. The SMILES string of the molecule is CC(CCCC(F)(F)F)Nc1c(Br)cc(Br)cc1Br. The number of anilines is 1. The van der Waals surface area contributed by atoms with Crippen LogP contribution in [0.3, 0.4) is 0 Å². The van der Waals surface area contributed by atoms with Gasteiger partial charge in [-0.2, -0.15) is 13.2 Å². The molecule has 108 valence electrons. The third kappa shape index (κ3) is 6.49. The molecule has 0 heterocycles. The van der Waals surface area contributed by atoms with E-state index in [9.17, 15) is 13.2 Å². The maximum Gasteiger partial charge on any atom is 0.389 e. The minimum absolute atomic E-state index is 0.0314. The van der Waals surface area contributed by atoms with Crippen molar-refractivity contribution in [3.63, 3.8) is 0 Å². The molecular formula is C12H13Br3F3N. The first-order chi connectivity index (χ1) is 8.69. The molecule has 0 amide bonds. The summed E-state index contributed by atoms with van der Waals surface area (Å²) < 4.78 is 38.8. The molecule has 1 N–H and O–H groups in total. The van der Waals surface area contributed by atoms with Crippen molar-refractivity contribution in [1.82, 2.24) is 0 Å². The monoisotopic (exact) mass is 465 g/mol. The molecule has 0 fully saturated rings. The van der Waals surface area contributed by atoms with E-state index in [-0.39, 0.29) is 12.5 Å². The number of halogens is 6. The van der Waals surface area contributed by atoms with Gasteiger partial charge >= 0.3 is 6.18 Å². The standard InChI is InChI=1S/C12H13Br3F3N/c1-7(3-2-4-12(16,17)18)19-11-9(14)5-8(13)6-10(11)15/h5-7,19H,2-4H2,1H3. The van der Waals surface area contributed by atoms with Gasteiger partial charge in [-0.25, -0.2) is 0 Å². The van der Waals surface area contributed by atoms with Crippen LogP contribution in [0.5, 0.6) is 0 Å². The Morgan fingerprint density at radius 1 is 1.16 bits per heavy atom. The second-order valence-corrected chi connectivity index (χ2v) is 6.92. The van der Waals surface area contributed by atoms with Gasteiger partial charge in [-0.3, -0.25) is 0 Å². The zero-order valence-corrected chi connectivity index (χ0v) is 14.9. The van der Waals surface area contributed by atoms with E-state index in [0.717, 1.165) is 19.1 Å². The lowest BCUT2D eigenvalue weighted by Crippen LogP contribution is -2.17. The van der Waals surface area contributed by atoms with E-state index in [1.165, 1.54) is 0 Å². The van der Waals surface area contributed by atoms with Gasteiger partial charge < -0.3 is 5.32 Å². The summed E-state index contributed by atoms with van der Waals surface area (Å²) in [6, 6.07) is 3.74. The molecular weight excluding hydrogens is 455 g/mol. The van der Waals surface area contributed by atoms with Gasteiger partial charge in [0.05, 0.1) is 5.69 Å². The predicted molar refractivity (Wildman–Crippen MR) is 82.5 cm³/mol. The highest BCUT2D eigenvalue weighted by Gasteiger charge is 2.26. The van der Waals surface area contributed by atoms with Crippen LogP contribution < -0.4 is 5.32 Å². The van der Waals surface area contributed by atoms with Gasteiger partial charge in [0.15, 0.2) is 0 Å². The lowest BCUT2D eigenvalue weighted by molar-refractivity contribution is -0.135. The highest BCUT2D eigenvalue weighted by Crippen LogP contribution is 2.35. The highest BCUT2D eigenvalue weighted by atomic mass is 79.9. The minimum Gasteiger partial charge on any atom is -0.381 e. The molecule has 1 nitrogen and oxygen atoms in total. The molecule has 0 aliphatic heterocycles. The van der Waals surface area contributed by atoms with Crippen molar-refractivity contribution in [2.75, 3.05) is 5.32 Å². The predicted octanol–water partition coefficient (Wildman–Crippen LogP) is 6.51. The molecule has 0 spiro atoms. The number of hydrogen-bond acceptors (Lipinski definition) is 1. The van der Waals surface area contributed by atoms with Crippen LogP contribution in [-0.2, 0) is 0 Å². The number of alkyl halides is 3. The smallest absolute Gasteiger partial charge is 0.381 e. The molecule has 0 radical (unpaired) electrons. The van der Waals surface area contributed by atoms with Crippen molar-refractivity contribution in [3.05, 3.63) is 25.6 Å². The van der Waals surface area contributed by atoms with E-state index >= 15 is 0 Å². The summed E-state index contributed by atoms with van der Waals surface area (Å²) in [7, 11) is 0. The average molecular weight is 468 g/mol. The van der Waals surface area contributed by atoms with E-state index in [1.54, 1.807) is 0 Å². The summed E-state index contributed by atoms with van der Waals surface area (Å²) in [6.07, 6.45) is -4.21. The molecule has 1 aromatic carbocycles. The number of benzene rings is 1. The Kier molecular flexibility index (Phi) is 6.66. The molecule has 7 heteroatoms. The van der Waals surface area contributed by atoms with Crippen molar-refractivity contribution >= 4 is 53.5 Å². The van der Waals surface area contributed by atoms with Crippen LogP contribution in [0.4, 0.5) is 18.9 Å². The van der Waals surface area contributed by atoms with E-state index in [4.69, 9.17) is 0 Å². The van der Waals surface area contributed by atoms with Gasteiger partial charge in [-0.15, -0.1) is 0 Å². The van der Waals surface area contributed by atoms with Gasteiger partial charge in [0.1, 0.15) is 0 Å². The molecule has 1 aromatic rings. The third-order valence-corrected chi connectivity index (χ3v) is 4.20. The molecule has 1 unspecified atom stereocenters. The average Bonchev–Trinajstić information content (AvgIpc) is 2.21. The van der Waals surface area contributed by atoms with Crippen LogP contribution in [0.1, 0.15) is 26.2 Å². The van der Waals surface area contributed by atoms with Crippen molar-refractivity contribution in [1.29, 1.82) is 0 Å². The van der Waals surface area contributed by atoms with Crippen molar-refractivity contribution in [2.24, 2.45) is 0 Å². The van der Waals surface area contributed by atoms with Crippen LogP contribution in [0, 0.1) is 0 Å². The second kappa shape index (κ2) is 7.31. The van der Waals surface area contributed by atoms with Gasteiger partial charge in [0, 0.05) is 25.9 Å². The second-order valence-electron chi connectivity index (χ2n) is 4.30. The summed E-state index contributed by atoms with van der Waals surface area (Å²) in [5, 5.41) is 3.21. The lowest BCUT2D eigenvalue weighted by atomic mass is 10.1. The first-order valence-electron chi connectivity index (χ1n) is 5.67. The van der Waals surface area contributed by atoms with Gasteiger partial charge in [-0.05, 0) is 63.8 Å². The maximum absolute atomic E-state index is 12.1. The van der Waals surface area contributed by atoms with E-state index in [0.29, 0.717) is 6.42 Å². The summed E-state index contributed by atoms with van der Waals surface area (Å²) in [6.45, 7) is 1.87. The molecule has 1 atom stereocenters. The van der Waals surface area contributed by atoms with Crippen LogP contribution in [0.2, 0.25) is 0 Å². The molecule has 1 rings (SSSR count). The zero-order valence-electron chi connectivity index (χ0n) is 10.1. The molecule has 0 aliphatic rings. The number of nitrogens with one attached hydrogen (secondary N) is 1. The van der Waals surface area contributed by atoms with Crippen molar-refractivity contribution < 1.29 is 13.2 Å². The topological polar surface area (TPSA) is 12.0 Å². The quantitative estimate of drug-likeness (QED) is 0.520. The van der Waals surface area contributed by atoms with Crippen molar-refractivity contribution in [2.45, 2.75) is 38.4 Å². The molecule has 0 aromatic heterocycles. The highest BCUT2D eigenvalue weighted by molar-refractivity contribution is 9.11. The summed E-state index contributed by atoms with van der Waals surface area (Å²) >= 11 is 10.2. The first-order valence-corrected chi connectivity index (χ1v) is 8.05. The Hall–Kier alpha value is 0.250. The Labute approximate surface area is 135 Å². The molecule has 0 bridgehead atoms. The Morgan fingerprint density at radius 2 is 1.68 bits per heavy atom. The Bertz CT molecular complexity index is 412. The van der Waals surface area contributed by atoms with E-state index < -0.39 is 12.6 Å². The largest absolute Gasteiger partial charge is 0.389 e. The molecule has 0 aliphatic carbocycles. The van der Waals surface area contributed by atoms with Gasteiger partial charge in [0.2, 0.25) is 0 Å². The van der Waals surface area contributed by atoms with Crippen LogP contribution in [0.25, 0.3) is 0 Å². The summed E-state index contributed by atoms with van der Waals surface area (Å²) in [4.78, 5) is 0. The molecule has 19 heavy (non-hydrogen) atoms. The number of hydrogen-bond donors (Lipinski definition) is 1. The van der Waals surface area contributed by atoms with Crippen molar-refractivity contribution in [3.8, 4) is 0 Å². The Morgan fingerprint density at radius 3 is 2.16 bits per heavy atom. The fourth-order valence-electron chi connectivity index (χ4n) is 1.61. The molecule has 0 saturated heterocycles. The summed E-state index contributed by atoms with van der Waals surface area (Å²) in [5.74, 6) is 0. The molecule has 0 saturated carbocycles. The third-order valence-electron chi connectivity index (χ3n) is 2.50. The van der Waals surface area contributed by atoms with Gasteiger partial charge in [0.25, 0.3) is 0 Å². The Balaban J connectivity index is 2.55. The van der Waals surface area contributed by atoms with E-state index in [1.807, 2.05) is 19.1 Å². The minimum atomic E-state index is -4.07. The normalized spacial score (nSPS) is 13.4. The first kappa shape index (κ1) is 17.3. The van der Waals surface area contributed by atoms with Crippen LogP contribution in [0.15, 0.2) is 25.6 Å². The van der Waals surface area contributed by atoms with Crippen LogP contribution >= 0.6 is 47.8 Å². The van der Waals surface area contributed by atoms with Gasteiger partial charge in [-0.1, -0.05) is 15.9 Å². The van der Waals surface area contributed by atoms with Crippen LogP contribution in [-0.4, -0.2) is 12.2 Å². The number of rotatable bonds is 5. The fourth-order valence-corrected chi connectivity index (χ4v) is 4.09. The maximum atomic E-state index is 12.1.